The van der Waals surface area contributed by atoms with Gasteiger partial charge in [-0.05, 0) is 0 Å². The van der Waals surface area contributed by atoms with Gasteiger partial charge in [0.2, 0.25) is 0 Å². The van der Waals surface area contributed by atoms with E-state index in [4.69, 9.17) is 47.4 Å². The predicted molar refractivity (Wildman–Crippen MR) is 121 cm³/mol. The zero-order valence-corrected chi connectivity index (χ0v) is 22.4. The third-order valence-electron chi connectivity index (χ3n) is 5.72. The summed E-state index contributed by atoms with van der Waals surface area (Å²) in [5.74, 6) is -2.91. The monoisotopic (exact) mass is 552 g/mol. The zero-order chi connectivity index (χ0) is 28.6. The molecule has 2 aliphatic heterocycles. The molecule has 10 atom stereocenters. The van der Waals surface area contributed by atoms with Gasteiger partial charge in [0.15, 0.2) is 30.9 Å². The maximum Gasteiger partial charge on any atom is 0.303 e. The number of methoxy groups -OCH3 is 3. The molecule has 0 bridgehead atoms. The fraction of sp³-hybridized carbons (Fsp3) is 0.826. The molecule has 0 aromatic carbocycles. The number of carbonyl (C=O) groups is 4. The van der Waals surface area contributed by atoms with Crippen molar-refractivity contribution >= 4 is 23.9 Å². The number of hydrogen-bond donors (Lipinski definition) is 1. The summed E-state index contributed by atoms with van der Waals surface area (Å²) in [4.78, 5) is 47.2. The molecule has 0 aromatic rings. The molecule has 0 aliphatic carbocycles. The normalized spacial score (nSPS) is 32.3. The van der Waals surface area contributed by atoms with Crippen LogP contribution in [-0.4, -0.2) is 125 Å². The van der Waals surface area contributed by atoms with E-state index in [1.54, 1.807) is 0 Å². The highest BCUT2D eigenvalue weighted by Crippen LogP contribution is 2.35. The van der Waals surface area contributed by atoms with E-state index in [0.717, 1.165) is 27.7 Å². The molecule has 0 amide bonds. The highest BCUT2D eigenvalue weighted by atomic mass is 16.8. The van der Waals surface area contributed by atoms with Crippen LogP contribution in [0.3, 0.4) is 0 Å². The first kappa shape index (κ1) is 31.8. The molecule has 15 heteroatoms. The largest absolute Gasteiger partial charge is 0.462 e. The number of rotatable bonds is 13. The Hall–Kier alpha value is -2.40. The number of carbonyl (C=O) groups excluding carboxylic acids is 4. The van der Waals surface area contributed by atoms with Crippen molar-refractivity contribution in [2.75, 3.05) is 34.5 Å². The van der Waals surface area contributed by atoms with Crippen LogP contribution in [0.4, 0.5) is 0 Å². The average Bonchev–Trinajstić information content (AvgIpc) is 3.31. The Labute approximate surface area is 219 Å². The molecular weight excluding hydrogens is 516 g/mol. The first-order valence-corrected chi connectivity index (χ1v) is 11.8. The summed E-state index contributed by atoms with van der Waals surface area (Å²) < 4.78 is 54.8. The van der Waals surface area contributed by atoms with E-state index in [0.29, 0.717) is 0 Å². The number of aliphatic hydroxyl groups excluding tert-OH is 1. The van der Waals surface area contributed by atoms with E-state index in [-0.39, 0.29) is 6.61 Å². The van der Waals surface area contributed by atoms with Gasteiger partial charge in [-0.25, -0.2) is 0 Å². The van der Waals surface area contributed by atoms with E-state index in [1.165, 1.54) is 21.3 Å². The van der Waals surface area contributed by atoms with Crippen molar-refractivity contribution in [2.45, 2.75) is 89.1 Å². The fourth-order valence-corrected chi connectivity index (χ4v) is 4.34. The van der Waals surface area contributed by atoms with Gasteiger partial charge in [0.25, 0.3) is 0 Å². The van der Waals surface area contributed by atoms with E-state index in [1.807, 2.05) is 0 Å². The van der Waals surface area contributed by atoms with Gasteiger partial charge in [-0.3, -0.25) is 19.2 Å². The Kier molecular flexibility index (Phi) is 12.3. The van der Waals surface area contributed by atoms with E-state index in [9.17, 15) is 24.3 Å². The molecule has 0 radical (unpaired) electrons. The van der Waals surface area contributed by atoms with Crippen LogP contribution < -0.4 is 0 Å². The minimum atomic E-state index is -1.41. The SMILES string of the molecule is COCC(O[C@@H]1O[C@H](C(COC(C)=O)OC(C)=O)[C@H](OC(C)=O)[C@H]1OC(C)=O)[C@H]1O[C@@H](O)[C@H](OC)[C@H]1OC. The molecule has 2 heterocycles. The van der Waals surface area contributed by atoms with Crippen LogP contribution in [0, 0.1) is 0 Å². The number of ether oxygens (including phenoxy) is 10. The predicted octanol–water partition coefficient (Wildman–Crippen LogP) is -1.15. The molecule has 218 valence electrons. The van der Waals surface area contributed by atoms with Gasteiger partial charge >= 0.3 is 23.9 Å². The molecular formula is C23H36O15. The summed E-state index contributed by atoms with van der Waals surface area (Å²) in [6.07, 6.45) is -11.5. The first-order chi connectivity index (χ1) is 17.9. The van der Waals surface area contributed by atoms with Gasteiger partial charge in [0, 0.05) is 49.0 Å². The van der Waals surface area contributed by atoms with Gasteiger partial charge in [-0.15, -0.1) is 0 Å². The van der Waals surface area contributed by atoms with Gasteiger partial charge in [0.05, 0.1) is 6.61 Å². The minimum Gasteiger partial charge on any atom is -0.462 e. The van der Waals surface area contributed by atoms with Crippen molar-refractivity contribution in [2.24, 2.45) is 0 Å². The fourth-order valence-electron chi connectivity index (χ4n) is 4.34. The van der Waals surface area contributed by atoms with Gasteiger partial charge < -0.3 is 52.5 Å². The molecule has 15 nitrogen and oxygen atoms in total. The highest BCUT2D eigenvalue weighted by Gasteiger charge is 2.56. The molecule has 2 unspecified atom stereocenters. The Morgan fingerprint density at radius 2 is 1.29 bits per heavy atom. The lowest BCUT2D eigenvalue weighted by Gasteiger charge is -2.31. The lowest BCUT2D eigenvalue weighted by molar-refractivity contribution is -0.246. The van der Waals surface area contributed by atoms with E-state index in [2.05, 4.69) is 0 Å². The lowest BCUT2D eigenvalue weighted by atomic mass is 10.0. The summed E-state index contributed by atoms with van der Waals surface area (Å²) in [6.45, 7) is 4.00. The summed E-state index contributed by atoms with van der Waals surface area (Å²) in [7, 11) is 4.17. The topological polar surface area (TPSA) is 181 Å². The second-order valence-corrected chi connectivity index (χ2v) is 8.59. The van der Waals surface area contributed by atoms with Crippen molar-refractivity contribution < 1.29 is 71.7 Å². The summed E-state index contributed by atoms with van der Waals surface area (Å²) in [5.41, 5.74) is 0. The van der Waals surface area contributed by atoms with Gasteiger partial charge in [-0.1, -0.05) is 0 Å². The average molecular weight is 553 g/mol. The lowest BCUT2D eigenvalue weighted by Crippen LogP contribution is -2.48. The molecule has 2 fully saturated rings. The highest BCUT2D eigenvalue weighted by molar-refractivity contribution is 5.68. The number of hydrogen-bond acceptors (Lipinski definition) is 15. The summed E-state index contributed by atoms with van der Waals surface area (Å²) in [6, 6.07) is 0. The van der Waals surface area contributed by atoms with Crippen LogP contribution in [0.15, 0.2) is 0 Å². The van der Waals surface area contributed by atoms with Crippen LogP contribution in [0.2, 0.25) is 0 Å². The Morgan fingerprint density at radius 1 is 0.711 bits per heavy atom. The summed E-state index contributed by atoms with van der Waals surface area (Å²) in [5, 5.41) is 10.3. The van der Waals surface area contributed by atoms with Gasteiger partial charge in [0.1, 0.15) is 37.1 Å². The van der Waals surface area contributed by atoms with Crippen LogP contribution in [-0.2, 0) is 66.5 Å². The maximum absolute atomic E-state index is 12.0. The third-order valence-corrected chi connectivity index (χ3v) is 5.72. The summed E-state index contributed by atoms with van der Waals surface area (Å²) >= 11 is 0. The van der Waals surface area contributed by atoms with Crippen LogP contribution >= 0.6 is 0 Å². The minimum absolute atomic E-state index is 0.0932. The van der Waals surface area contributed by atoms with Crippen LogP contribution in [0.5, 0.6) is 0 Å². The van der Waals surface area contributed by atoms with Crippen molar-refractivity contribution in [3.05, 3.63) is 0 Å². The second kappa shape index (κ2) is 14.7. The molecule has 2 aliphatic rings. The molecule has 2 rings (SSSR count). The van der Waals surface area contributed by atoms with Crippen molar-refractivity contribution in [1.29, 1.82) is 0 Å². The molecule has 0 saturated carbocycles. The molecule has 0 aromatic heterocycles. The number of esters is 4. The first-order valence-electron chi connectivity index (χ1n) is 11.8. The van der Waals surface area contributed by atoms with Crippen molar-refractivity contribution in [3.63, 3.8) is 0 Å². The van der Waals surface area contributed by atoms with Crippen molar-refractivity contribution in [3.8, 4) is 0 Å². The number of aliphatic hydroxyl groups is 1. The molecule has 38 heavy (non-hydrogen) atoms. The van der Waals surface area contributed by atoms with Crippen LogP contribution in [0.25, 0.3) is 0 Å². The zero-order valence-electron chi connectivity index (χ0n) is 22.4. The Balaban J connectivity index is 2.43. The Bertz CT molecular complexity index is 819. The molecule has 1 N–H and O–H groups in total. The van der Waals surface area contributed by atoms with E-state index >= 15 is 0 Å². The molecule has 0 spiro atoms. The van der Waals surface area contributed by atoms with Crippen molar-refractivity contribution in [1.82, 2.24) is 0 Å². The van der Waals surface area contributed by atoms with Crippen LogP contribution in [0.1, 0.15) is 27.7 Å². The van der Waals surface area contributed by atoms with E-state index < -0.39 is 91.9 Å². The third kappa shape index (κ3) is 8.30. The van der Waals surface area contributed by atoms with Gasteiger partial charge in [-0.2, -0.15) is 0 Å². The Morgan fingerprint density at radius 3 is 1.79 bits per heavy atom. The molecule has 2 saturated heterocycles. The smallest absolute Gasteiger partial charge is 0.303 e. The maximum atomic E-state index is 12.0. The second-order valence-electron chi connectivity index (χ2n) is 8.59. The standard InChI is InChI=1S/C23H36O15/c1-10(24)32-9-15(33-11(2)25)17-19(34-12(3)26)21(35-13(4)27)23(38-17)36-14(8-29-5)16-18(30-6)20(31-7)22(28)37-16/h14-23,28H,8-9H2,1-7H3/t14?,15?,16-,17-,18+,19+,20-,21-,22-,23-/m1/s1. The quantitative estimate of drug-likeness (QED) is 0.213.